The maximum atomic E-state index is 11.9. The van der Waals surface area contributed by atoms with Crippen LogP contribution in [-0.4, -0.2) is 41.5 Å². The van der Waals surface area contributed by atoms with Crippen molar-refractivity contribution in [3.8, 4) is 0 Å². The highest BCUT2D eigenvalue weighted by atomic mass is 16.2. The van der Waals surface area contributed by atoms with Crippen LogP contribution < -0.4 is 5.32 Å². The molecule has 1 aromatic rings. The summed E-state index contributed by atoms with van der Waals surface area (Å²) in [6.07, 6.45) is 1.39. The summed E-state index contributed by atoms with van der Waals surface area (Å²) in [4.78, 5) is 47.6. The molecule has 1 fully saturated rings. The predicted molar refractivity (Wildman–Crippen MR) is 83.6 cm³/mol. The molecule has 23 heavy (non-hydrogen) atoms. The summed E-state index contributed by atoms with van der Waals surface area (Å²) in [5, 5.41) is 2.70. The van der Waals surface area contributed by atoms with Crippen molar-refractivity contribution >= 4 is 23.5 Å². The van der Waals surface area contributed by atoms with Crippen LogP contribution in [-0.2, 0) is 14.4 Å². The lowest BCUT2D eigenvalue weighted by molar-refractivity contribution is -0.138. The van der Waals surface area contributed by atoms with E-state index in [1.807, 2.05) is 6.07 Å². The largest absolute Gasteiger partial charge is 0.356 e. The van der Waals surface area contributed by atoms with Crippen LogP contribution >= 0.6 is 0 Å². The Labute approximate surface area is 134 Å². The number of amides is 3. The topological polar surface area (TPSA) is 83.6 Å². The lowest BCUT2D eigenvalue weighted by Crippen LogP contribution is -2.33. The van der Waals surface area contributed by atoms with E-state index >= 15 is 0 Å². The molecule has 0 bridgehead atoms. The first-order valence-corrected chi connectivity index (χ1v) is 7.76. The number of ketones is 1. The summed E-state index contributed by atoms with van der Waals surface area (Å²) in [5.74, 6) is -0.549. The van der Waals surface area contributed by atoms with Crippen LogP contribution in [0.25, 0.3) is 0 Å². The number of rotatable bonds is 8. The van der Waals surface area contributed by atoms with E-state index in [2.05, 4.69) is 5.32 Å². The van der Waals surface area contributed by atoms with Crippen molar-refractivity contribution in [2.75, 3.05) is 13.1 Å². The normalized spacial score (nSPS) is 14.2. The number of likely N-dealkylation sites (tertiary alicyclic amines) is 1. The molecule has 0 radical (unpaired) electrons. The van der Waals surface area contributed by atoms with Crippen LogP contribution in [0.15, 0.2) is 30.3 Å². The number of hydrogen-bond acceptors (Lipinski definition) is 4. The molecule has 1 saturated heterocycles. The number of nitrogens with one attached hydrogen (secondary N) is 1. The fourth-order valence-corrected chi connectivity index (χ4v) is 2.42. The highest BCUT2D eigenvalue weighted by Crippen LogP contribution is 2.11. The number of benzene rings is 1. The lowest BCUT2D eigenvalue weighted by atomic mass is 10.1. The summed E-state index contributed by atoms with van der Waals surface area (Å²) >= 11 is 0. The van der Waals surface area contributed by atoms with Crippen LogP contribution in [0, 0.1) is 0 Å². The number of carbonyl (C=O) groups is 4. The summed E-state index contributed by atoms with van der Waals surface area (Å²) in [6.45, 7) is 0.719. The minimum atomic E-state index is -0.201. The van der Waals surface area contributed by atoms with Gasteiger partial charge in [-0.15, -0.1) is 0 Å². The molecule has 0 spiro atoms. The Morgan fingerprint density at radius 2 is 1.65 bits per heavy atom. The van der Waals surface area contributed by atoms with Crippen LogP contribution in [0.5, 0.6) is 0 Å². The first-order chi connectivity index (χ1) is 11.1. The smallest absolute Gasteiger partial charge is 0.229 e. The van der Waals surface area contributed by atoms with E-state index in [0.717, 1.165) is 0 Å². The Balaban J connectivity index is 1.61. The van der Waals surface area contributed by atoms with Gasteiger partial charge in [0.2, 0.25) is 17.7 Å². The summed E-state index contributed by atoms with van der Waals surface area (Å²) in [7, 11) is 0. The Hall–Kier alpha value is -2.50. The number of imide groups is 1. The van der Waals surface area contributed by atoms with Gasteiger partial charge < -0.3 is 5.32 Å². The zero-order valence-electron chi connectivity index (χ0n) is 12.9. The summed E-state index contributed by atoms with van der Waals surface area (Å²) in [5.41, 5.74) is 0.603. The average Bonchev–Trinajstić information content (AvgIpc) is 2.89. The molecule has 122 valence electrons. The Morgan fingerprint density at radius 1 is 1.00 bits per heavy atom. The van der Waals surface area contributed by atoms with Gasteiger partial charge in [-0.2, -0.15) is 0 Å². The quantitative estimate of drug-likeness (QED) is 0.445. The number of hydrogen-bond donors (Lipinski definition) is 1. The second-order valence-corrected chi connectivity index (χ2v) is 5.43. The Bertz CT molecular complexity index is 582. The molecule has 1 aliphatic heterocycles. The Morgan fingerprint density at radius 3 is 2.30 bits per heavy atom. The van der Waals surface area contributed by atoms with E-state index in [4.69, 9.17) is 0 Å². The Kier molecular flexibility index (Phi) is 6.02. The van der Waals surface area contributed by atoms with Gasteiger partial charge in [-0.3, -0.25) is 24.1 Å². The molecule has 6 nitrogen and oxygen atoms in total. The number of Topliss-reactive ketones (excluding diaryl/α,β-unsaturated/α-hetero) is 1. The molecule has 3 amide bonds. The van der Waals surface area contributed by atoms with Gasteiger partial charge in [0.1, 0.15) is 0 Å². The van der Waals surface area contributed by atoms with E-state index in [-0.39, 0.29) is 49.2 Å². The second kappa shape index (κ2) is 8.22. The van der Waals surface area contributed by atoms with Crippen molar-refractivity contribution in [1.29, 1.82) is 0 Å². The van der Waals surface area contributed by atoms with Gasteiger partial charge in [0.25, 0.3) is 0 Å². The van der Waals surface area contributed by atoms with Gasteiger partial charge in [-0.1, -0.05) is 30.3 Å². The highest BCUT2D eigenvalue weighted by molar-refractivity contribution is 6.01. The number of nitrogens with zero attached hydrogens (tertiary/aromatic N) is 1. The summed E-state index contributed by atoms with van der Waals surface area (Å²) in [6, 6.07) is 8.86. The molecule has 6 heteroatoms. The SMILES string of the molecule is O=C(CCC(=O)c1ccccc1)NCCCN1C(=O)CCC1=O. The van der Waals surface area contributed by atoms with E-state index in [9.17, 15) is 19.2 Å². The molecular weight excluding hydrogens is 296 g/mol. The molecule has 1 heterocycles. The lowest BCUT2D eigenvalue weighted by Gasteiger charge is -2.13. The first-order valence-electron chi connectivity index (χ1n) is 7.76. The molecule has 1 aliphatic rings. The molecule has 0 atom stereocenters. The van der Waals surface area contributed by atoms with Gasteiger partial charge >= 0.3 is 0 Å². The van der Waals surface area contributed by atoms with Crippen molar-refractivity contribution in [1.82, 2.24) is 10.2 Å². The van der Waals surface area contributed by atoms with E-state index in [1.165, 1.54) is 4.90 Å². The molecule has 0 unspecified atom stereocenters. The van der Waals surface area contributed by atoms with E-state index in [0.29, 0.717) is 25.1 Å². The van der Waals surface area contributed by atoms with Crippen molar-refractivity contribution in [2.45, 2.75) is 32.1 Å². The standard InChI is InChI=1S/C17H20N2O4/c20-14(13-5-2-1-3-6-13)7-8-15(21)18-11-4-12-19-16(22)9-10-17(19)23/h1-3,5-6H,4,7-12H2,(H,18,21). The third kappa shape index (κ3) is 5.02. The van der Waals surface area contributed by atoms with Gasteiger partial charge in [-0.25, -0.2) is 0 Å². The zero-order valence-corrected chi connectivity index (χ0v) is 12.9. The van der Waals surface area contributed by atoms with E-state index < -0.39 is 0 Å². The third-order valence-corrected chi connectivity index (χ3v) is 3.71. The van der Waals surface area contributed by atoms with Crippen molar-refractivity contribution in [2.24, 2.45) is 0 Å². The summed E-state index contributed by atoms with van der Waals surface area (Å²) < 4.78 is 0. The number of carbonyl (C=O) groups excluding carboxylic acids is 4. The van der Waals surface area contributed by atoms with Gasteiger partial charge in [-0.05, 0) is 6.42 Å². The second-order valence-electron chi connectivity index (χ2n) is 5.43. The van der Waals surface area contributed by atoms with Gasteiger partial charge in [0.05, 0.1) is 0 Å². The monoisotopic (exact) mass is 316 g/mol. The van der Waals surface area contributed by atoms with Crippen LogP contribution in [0.2, 0.25) is 0 Å². The molecule has 1 aromatic carbocycles. The van der Waals surface area contributed by atoms with Crippen LogP contribution in [0.4, 0.5) is 0 Å². The predicted octanol–water partition coefficient (Wildman–Crippen LogP) is 1.30. The zero-order chi connectivity index (χ0) is 16.7. The molecule has 0 aromatic heterocycles. The fourth-order valence-electron chi connectivity index (χ4n) is 2.42. The van der Waals surface area contributed by atoms with Crippen molar-refractivity contribution < 1.29 is 19.2 Å². The van der Waals surface area contributed by atoms with Crippen LogP contribution in [0.3, 0.4) is 0 Å². The maximum Gasteiger partial charge on any atom is 0.229 e. The van der Waals surface area contributed by atoms with Crippen molar-refractivity contribution in [3.05, 3.63) is 35.9 Å². The molecular formula is C17H20N2O4. The fraction of sp³-hybridized carbons (Fsp3) is 0.412. The van der Waals surface area contributed by atoms with Gasteiger partial charge in [0.15, 0.2) is 5.78 Å². The van der Waals surface area contributed by atoms with E-state index in [1.54, 1.807) is 24.3 Å². The first kappa shape index (κ1) is 16.9. The minimum Gasteiger partial charge on any atom is -0.356 e. The van der Waals surface area contributed by atoms with Crippen LogP contribution in [0.1, 0.15) is 42.5 Å². The average molecular weight is 316 g/mol. The van der Waals surface area contributed by atoms with Gasteiger partial charge in [0, 0.05) is 44.3 Å². The molecule has 1 N–H and O–H groups in total. The maximum absolute atomic E-state index is 11.9. The third-order valence-electron chi connectivity index (χ3n) is 3.71. The highest BCUT2D eigenvalue weighted by Gasteiger charge is 2.27. The molecule has 0 aliphatic carbocycles. The molecule has 2 rings (SSSR count). The van der Waals surface area contributed by atoms with Crippen molar-refractivity contribution in [3.63, 3.8) is 0 Å². The minimum absolute atomic E-state index is 0.0611. The molecule has 0 saturated carbocycles.